The summed E-state index contributed by atoms with van der Waals surface area (Å²) in [5.41, 5.74) is 3.91. The van der Waals surface area contributed by atoms with Gasteiger partial charge in [-0.1, -0.05) is 193 Å². The molecular formula is C94H102O29. The second kappa shape index (κ2) is 43.4. The highest BCUT2D eigenvalue weighted by molar-refractivity contribution is 5.92. The Morgan fingerprint density at radius 3 is 1.06 bits per heavy atom. The number of aryl methyl sites for hydroxylation is 3. The first-order chi connectivity index (χ1) is 59.2. The van der Waals surface area contributed by atoms with Crippen molar-refractivity contribution in [3.8, 4) is 0 Å². The van der Waals surface area contributed by atoms with Gasteiger partial charge < -0.3 is 100 Å². The normalized spacial score (nSPS) is 26.3. The molecule has 0 spiro atoms. The highest BCUT2D eigenvalue weighted by Crippen LogP contribution is 2.41. The minimum Gasteiger partial charge on any atom is -0.456 e. The number of ether oxygens (including phenoxy) is 19. The largest absolute Gasteiger partial charge is 0.456 e. The van der Waals surface area contributed by atoms with E-state index < -0.39 is 196 Å². The van der Waals surface area contributed by atoms with Crippen molar-refractivity contribution in [3.63, 3.8) is 0 Å². The third-order valence-corrected chi connectivity index (χ3v) is 20.6. The van der Waals surface area contributed by atoms with E-state index in [4.69, 9.17) is 90.0 Å². The number of carbonyl (C=O) groups excluding carboxylic acids is 8. The van der Waals surface area contributed by atoms with Crippen LogP contribution in [0.5, 0.6) is 0 Å². The van der Waals surface area contributed by atoms with Gasteiger partial charge in [-0.05, 0) is 112 Å². The second-order valence-electron chi connectivity index (χ2n) is 31.2. The SMILES string of the molecule is CC(=O)O[C@@H]1[C@@H](OC(C)=O)[C@@H](O)O[C@H](CO[C@@H]2O[C@H](CO[C@@H]3O[C@H](CO)[C@@H](OC(=O)c4ccc(C)cc4)[C@H](OC(=O)c4ccc(C)cc4)[C@H]3OC(=O)c3ccc(C)cc3)[C@@H](OCc3ccccc3)[C@H](O[C@@H]3O[C@H](COCc4ccccc4)[C@@H](OCc4ccccc4)[C@H](OCc4ccccc4)[C@H]3OC(=O)C(C)(C)C)[C@H]2OC(=O)c2ccccc2)[C@H]1OC(C)=O. The Kier molecular flexibility index (Phi) is 32.2. The molecule has 0 unspecified atom stereocenters. The number of aliphatic hydroxyl groups excluding tert-OH is 2. The topological polar surface area (TPSA) is 352 Å². The summed E-state index contributed by atoms with van der Waals surface area (Å²) in [6.07, 6.45) is -35.3. The Balaban J connectivity index is 1.04. The van der Waals surface area contributed by atoms with E-state index in [1.165, 1.54) is 48.5 Å². The second-order valence-corrected chi connectivity index (χ2v) is 31.2. The molecule has 123 heavy (non-hydrogen) atoms. The highest BCUT2D eigenvalue weighted by Gasteiger charge is 2.60. The van der Waals surface area contributed by atoms with Gasteiger partial charge in [0.15, 0.2) is 74.0 Å². The van der Waals surface area contributed by atoms with Gasteiger partial charge in [0.05, 0.1) is 80.5 Å². The van der Waals surface area contributed by atoms with E-state index in [0.717, 1.165) is 48.6 Å². The quantitative estimate of drug-likeness (QED) is 0.0279. The Bertz CT molecular complexity index is 4750. The van der Waals surface area contributed by atoms with Crippen LogP contribution in [0.4, 0.5) is 0 Å². The summed E-state index contributed by atoms with van der Waals surface area (Å²) in [5.74, 6) is -7.66. The van der Waals surface area contributed by atoms with Crippen LogP contribution < -0.4 is 0 Å². The molecule has 0 saturated carbocycles. The molecule has 0 radical (unpaired) electrons. The van der Waals surface area contributed by atoms with Gasteiger partial charge in [-0.3, -0.25) is 19.2 Å². The third-order valence-electron chi connectivity index (χ3n) is 20.6. The van der Waals surface area contributed by atoms with Crippen LogP contribution in [0.15, 0.2) is 224 Å². The molecule has 4 saturated heterocycles. The van der Waals surface area contributed by atoms with Gasteiger partial charge in [0, 0.05) is 20.8 Å². The highest BCUT2D eigenvalue weighted by atomic mass is 16.8. The van der Waals surface area contributed by atoms with Gasteiger partial charge in [-0.2, -0.15) is 0 Å². The zero-order chi connectivity index (χ0) is 87.3. The van der Waals surface area contributed by atoms with Crippen LogP contribution in [0.3, 0.4) is 0 Å². The first-order valence-corrected chi connectivity index (χ1v) is 40.4. The lowest BCUT2D eigenvalue weighted by Gasteiger charge is -2.50. The minimum atomic E-state index is -2.12. The summed E-state index contributed by atoms with van der Waals surface area (Å²) in [6.45, 7) is 10.1. The van der Waals surface area contributed by atoms with Gasteiger partial charge in [0.1, 0.15) is 48.8 Å². The number of hydrogen-bond acceptors (Lipinski definition) is 29. The minimum absolute atomic E-state index is 0.00354. The van der Waals surface area contributed by atoms with Crippen LogP contribution in [0.2, 0.25) is 0 Å². The average Bonchev–Trinajstić information content (AvgIpc) is 0.761. The standard InChI is InChI=1S/C94H102O29/c1-55-35-41-66(42-36-55)86(100)118-75-69(47-95)115-90(84(121-88(102)68-45-39-57(3)40-46-68)80(75)119-87(101)67-43-37-56(2)38-44-67)109-53-71-74(107-50-63-29-19-12-20-30-63)78(83(120-85(99)65-33-23-14-24-34-65)91(116-71)110-54-72-76(111-58(4)96)79(112-59(5)97)81(89(103)114-72)113-60(6)98)122-92-82(123-93(104)94(7,8)9)77(108-51-64-31-21-13-22-32-64)73(106-49-62-27-17-11-18-28-62)70(117-92)52-105-48-61-25-15-10-16-26-61/h10-46,69-84,89-92,95,103H,47-54H2,1-9H3/t69-,70-,71-,72-,73-,74-,75-,76-,77+,78+,79+,80+,81-,82-,83-,84-,89+,90-,91-,92+/m1/s1. The van der Waals surface area contributed by atoms with E-state index in [1.54, 1.807) is 120 Å². The molecule has 0 bridgehead atoms. The van der Waals surface area contributed by atoms with Crippen LogP contribution >= 0.6 is 0 Å². The Morgan fingerprint density at radius 2 is 0.626 bits per heavy atom. The van der Waals surface area contributed by atoms with E-state index in [1.807, 2.05) is 97.9 Å². The fourth-order valence-corrected chi connectivity index (χ4v) is 14.2. The fraction of sp³-hybridized carbons (Fsp3) is 0.404. The molecule has 4 aliphatic rings. The summed E-state index contributed by atoms with van der Waals surface area (Å²) in [7, 11) is 0. The predicted molar refractivity (Wildman–Crippen MR) is 435 cm³/mol. The van der Waals surface area contributed by atoms with E-state index in [2.05, 4.69) is 0 Å². The molecule has 4 aliphatic heterocycles. The molecule has 0 aliphatic carbocycles. The van der Waals surface area contributed by atoms with Crippen molar-refractivity contribution in [2.45, 2.75) is 212 Å². The number of aliphatic hydroxyl groups is 2. The maximum atomic E-state index is 15.4. The number of hydrogen-bond donors (Lipinski definition) is 2. The third kappa shape index (κ3) is 24.9. The van der Waals surface area contributed by atoms with Crippen molar-refractivity contribution in [2.24, 2.45) is 5.41 Å². The molecule has 0 aromatic heterocycles. The summed E-state index contributed by atoms with van der Waals surface area (Å²) in [5, 5.41) is 23.4. The van der Waals surface area contributed by atoms with Gasteiger partial charge in [-0.15, -0.1) is 0 Å². The smallest absolute Gasteiger partial charge is 0.338 e. The Hall–Kier alpha value is -11.0. The molecule has 652 valence electrons. The number of rotatable bonds is 34. The van der Waals surface area contributed by atoms with Gasteiger partial charge in [0.25, 0.3) is 0 Å². The number of benzene rings is 8. The molecule has 29 heteroatoms. The fourth-order valence-electron chi connectivity index (χ4n) is 14.2. The van der Waals surface area contributed by atoms with Crippen LogP contribution in [0.25, 0.3) is 0 Å². The van der Waals surface area contributed by atoms with Gasteiger partial charge >= 0.3 is 47.8 Å². The lowest BCUT2D eigenvalue weighted by atomic mass is 9.94. The van der Waals surface area contributed by atoms with Crippen LogP contribution in [0, 0.1) is 26.2 Å². The van der Waals surface area contributed by atoms with Crippen molar-refractivity contribution >= 4 is 47.8 Å². The summed E-state index contributed by atoms with van der Waals surface area (Å²) in [4.78, 5) is 114. The number of carbonyl (C=O) groups is 8. The number of esters is 8. The van der Waals surface area contributed by atoms with Crippen molar-refractivity contribution < 1.29 is 139 Å². The lowest BCUT2D eigenvalue weighted by molar-refractivity contribution is -0.377. The zero-order valence-corrected chi connectivity index (χ0v) is 69.5. The first kappa shape index (κ1) is 91.2. The molecule has 4 fully saturated rings. The van der Waals surface area contributed by atoms with Crippen molar-refractivity contribution in [2.75, 3.05) is 26.4 Å². The van der Waals surface area contributed by atoms with Crippen LogP contribution in [-0.2, 0) is 136 Å². The van der Waals surface area contributed by atoms with Gasteiger partial charge in [-0.25, -0.2) is 19.2 Å². The predicted octanol–water partition coefficient (Wildman–Crippen LogP) is 10.8. The van der Waals surface area contributed by atoms with E-state index in [0.29, 0.717) is 11.1 Å². The summed E-state index contributed by atoms with van der Waals surface area (Å²) in [6, 6.07) is 63.3. The van der Waals surface area contributed by atoms with E-state index in [-0.39, 0.29) is 55.3 Å². The van der Waals surface area contributed by atoms with E-state index in [9.17, 15) is 39.0 Å². The molecule has 12 rings (SSSR count). The Labute approximate surface area is 712 Å². The molecule has 0 amide bonds. The van der Waals surface area contributed by atoms with Crippen LogP contribution in [0.1, 0.15) is 122 Å². The molecule has 4 heterocycles. The zero-order valence-electron chi connectivity index (χ0n) is 69.5. The molecule has 29 nitrogen and oxygen atoms in total. The van der Waals surface area contributed by atoms with Crippen LogP contribution in [-0.4, -0.2) is 207 Å². The maximum Gasteiger partial charge on any atom is 0.338 e. The molecule has 8 aromatic carbocycles. The molecular weight excluding hydrogens is 1590 g/mol. The van der Waals surface area contributed by atoms with Gasteiger partial charge in [0.2, 0.25) is 0 Å². The Morgan fingerprint density at radius 1 is 0.309 bits per heavy atom. The molecule has 20 atom stereocenters. The molecule has 2 N–H and O–H groups in total. The molecule has 8 aromatic rings. The summed E-state index contributed by atoms with van der Waals surface area (Å²) >= 11 is 0. The van der Waals surface area contributed by atoms with Crippen molar-refractivity contribution in [1.29, 1.82) is 0 Å². The maximum absolute atomic E-state index is 15.4. The van der Waals surface area contributed by atoms with E-state index >= 15 is 9.59 Å². The average molecular weight is 1700 g/mol. The van der Waals surface area contributed by atoms with Crippen molar-refractivity contribution in [1.82, 2.24) is 0 Å². The summed E-state index contributed by atoms with van der Waals surface area (Å²) < 4.78 is 126. The first-order valence-electron chi connectivity index (χ1n) is 40.4. The van der Waals surface area contributed by atoms with Crippen molar-refractivity contribution in [3.05, 3.63) is 286 Å². The lowest BCUT2D eigenvalue weighted by Crippen LogP contribution is -2.68. The monoisotopic (exact) mass is 1690 g/mol.